The van der Waals surface area contributed by atoms with Crippen LogP contribution in [-0.4, -0.2) is 0 Å². The number of aryl methyl sites for hydroxylation is 2. The molecule has 0 unspecified atom stereocenters. The van der Waals surface area contributed by atoms with E-state index in [2.05, 4.69) is 13.0 Å². The molecule has 0 aliphatic heterocycles. The molecule has 0 saturated heterocycles. The molecule has 12 heavy (non-hydrogen) atoms. The van der Waals surface area contributed by atoms with Crippen molar-refractivity contribution in [1.82, 2.24) is 0 Å². The van der Waals surface area contributed by atoms with E-state index in [-0.39, 0.29) is 0 Å². The molecule has 0 spiro atoms. The van der Waals surface area contributed by atoms with E-state index in [1.807, 2.05) is 13.8 Å². The maximum Gasteiger partial charge on any atom is 0.0479 e. The summed E-state index contributed by atoms with van der Waals surface area (Å²) in [6.45, 7) is 6.09. The van der Waals surface area contributed by atoms with E-state index in [4.69, 9.17) is 23.2 Å². The van der Waals surface area contributed by atoms with Crippen molar-refractivity contribution in [2.45, 2.75) is 26.7 Å². The number of benzene rings is 1. The van der Waals surface area contributed by atoms with Gasteiger partial charge in [-0.15, -0.1) is 11.6 Å². The van der Waals surface area contributed by atoms with Crippen molar-refractivity contribution in [1.29, 1.82) is 0 Å². The first-order chi connectivity index (χ1) is 5.57. The van der Waals surface area contributed by atoms with Crippen LogP contribution in [0, 0.1) is 20.8 Å². The summed E-state index contributed by atoms with van der Waals surface area (Å²) < 4.78 is 0. The summed E-state index contributed by atoms with van der Waals surface area (Å²) in [7, 11) is 0. The molecule has 0 aromatic heterocycles. The van der Waals surface area contributed by atoms with Gasteiger partial charge in [-0.3, -0.25) is 0 Å². The number of rotatable bonds is 1. The van der Waals surface area contributed by atoms with Gasteiger partial charge in [0, 0.05) is 10.9 Å². The molecule has 0 aliphatic rings. The summed E-state index contributed by atoms with van der Waals surface area (Å²) in [6, 6.07) is 2.08. The molecule has 1 rings (SSSR count). The van der Waals surface area contributed by atoms with E-state index in [0.29, 0.717) is 5.88 Å². The first kappa shape index (κ1) is 9.88. The van der Waals surface area contributed by atoms with Gasteiger partial charge in [0.15, 0.2) is 0 Å². The highest BCUT2D eigenvalue weighted by molar-refractivity contribution is 6.32. The lowest BCUT2D eigenvalue weighted by Gasteiger charge is -2.10. The van der Waals surface area contributed by atoms with Gasteiger partial charge < -0.3 is 0 Å². The minimum absolute atomic E-state index is 0.539. The molecule has 1 aromatic rings. The normalized spacial score (nSPS) is 10.4. The highest BCUT2D eigenvalue weighted by Crippen LogP contribution is 2.27. The first-order valence-electron chi connectivity index (χ1n) is 3.89. The van der Waals surface area contributed by atoms with Gasteiger partial charge in [0.2, 0.25) is 0 Å². The van der Waals surface area contributed by atoms with Gasteiger partial charge in [0.1, 0.15) is 0 Å². The van der Waals surface area contributed by atoms with Crippen molar-refractivity contribution in [2.75, 3.05) is 0 Å². The summed E-state index contributed by atoms with van der Waals surface area (Å²) >= 11 is 11.9. The van der Waals surface area contributed by atoms with Crippen LogP contribution in [0.25, 0.3) is 0 Å². The smallest absolute Gasteiger partial charge is 0.0479 e. The second-order valence-electron chi connectivity index (χ2n) is 3.06. The van der Waals surface area contributed by atoms with Crippen LogP contribution in [0.15, 0.2) is 6.07 Å². The standard InChI is InChI=1S/C10H12Cl2/c1-6-4-7(2)10(12)8(3)9(6)5-11/h4H,5H2,1-3H3. The Labute approximate surface area is 83.5 Å². The molecular weight excluding hydrogens is 191 g/mol. The van der Waals surface area contributed by atoms with E-state index >= 15 is 0 Å². The summed E-state index contributed by atoms with van der Waals surface area (Å²) in [6.07, 6.45) is 0. The molecular formula is C10H12Cl2. The Balaban J connectivity index is 3.40. The molecule has 0 bridgehead atoms. The third-order valence-corrected chi connectivity index (χ3v) is 3.02. The highest BCUT2D eigenvalue weighted by Gasteiger charge is 2.07. The lowest BCUT2D eigenvalue weighted by Crippen LogP contribution is -1.93. The zero-order chi connectivity index (χ0) is 9.30. The molecule has 1 aromatic carbocycles. The SMILES string of the molecule is Cc1cc(C)c(CCl)c(C)c1Cl. The average molecular weight is 203 g/mol. The number of halogens is 2. The van der Waals surface area contributed by atoms with Gasteiger partial charge in [-0.05, 0) is 43.0 Å². The van der Waals surface area contributed by atoms with Crippen molar-refractivity contribution >= 4 is 23.2 Å². The van der Waals surface area contributed by atoms with Crippen LogP contribution in [0.3, 0.4) is 0 Å². The van der Waals surface area contributed by atoms with E-state index in [9.17, 15) is 0 Å². The molecule has 0 nitrogen and oxygen atoms in total. The fraction of sp³-hybridized carbons (Fsp3) is 0.400. The zero-order valence-electron chi connectivity index (χ0n) is 7.54. The van der Waals surface area contributed by atoms with Crippen LogP contribution >= 0.6 is 23.2 Å². The number of hydrogen-bond acceptors (Lipinski definition) is 0. The molecule has 0 radical (unpaired) electrons. The molecule has 2 heteroatoms. The first-order valence-corrected chi connectivity index (χ1v) is 4.80. The number of alkyl halides is 1. The Morgan fingerprint density at radius 3 is 2.25 bits per heavy atom. The molecule has 0 amide bonds. The van der Waals surface area contributed by atoms with Crippen LogP contribution < -0.4 is 0 Å². The third kappa shape index (κ3) is 1.60. The van der Waals surface area contributed by atoms with Crippen LogP contribution in [0.1, 0.15) is 22.3 Å². The van der Waals surface area contributed by atoms with Crippen molar-refractivity contribution < 1.29 is 0 Å². The maximum atomic E-state index is 6.07. The molecule has 0 atom stereocenters. The summed E-state index contributed by atoms with van der Waals surface area (Å²) in [4.78, 5) is 0. The highest BCUT2D eigenvalue weighted by atomic mass is 35.5. The molecule has 0 N–H and O–H groups in total. The molecule has 0 saturated carbocycles. The summed E-state index contributed by atoms with van der Waals surface area (Å²) in [5, 5.41) is 0.844. The second kappa shape index (κ2) is 3.68. The van der Waals surface area contributed by atoms with Gasteiger partial charge in [0.25, 0.3) is 0 Å². The topological polar surface area (TPSA) is 0 Å². The average Bonchev–Trinajstić information content (AvgIpc) is 2.01. The van der Waals surface area contributed by atoms with Gasteiger partial charge in [-0.25, -0.2) is 0 Å². The van der Waals surface area contributed by atoms with Crippen LogP contribution in [0.4, 0.5) is 0 Å². The van der Waals surface area contributed by atoms with Crippen LogP contribution in [0.2, 0.25) is 5.02 Å². The zero-order valence-corrected chi connectivity index (χ0v) is 9.05. The summed E-state index contributed by atoms with van der Waals surface area (Å²) in [5.74, 6) is 0.539. The fourth-order valence-electron chi connectivity index (χ4n) is 1.40. The van der Waals surface area contributed by atoms with Crippen molar-refractivity contribution in [3.05, 3.63) is 33.3 Å². The molecule has 0 heterocycles. The molecule has 66 valence electrons. The van der Waals surface area contributed by atoms with Crippen molar-refractivity contribution in [3.8, 4) is 0 Å². The minimum atomic E-state index is 0.539. The maximum absolute atomic E-state index is 6.07. The van der Waals surface area contributed by atoms with Crippen LogP contribution in [0.5, 0.6) is 0 Å². The Kier molecular flexibility index (Phi) is 3.03. The van der Waals surface area contributed by atoms with E-state index in [0.717, 1.165) is 21.7 Å². The van der Waals surface area contributed by atoms with E-state index in [1.165, 1.54) is 5.56 Å². The lowest BCUT2D eigenvalue weighted by atomic mass is 10.0. The van der Waals surface area contributed by atoms with Gasteiger partial charge in [-0.1, -0.05) is 17.7 Å². The van der Waals surface area contributed by atoms with Crippen LogP contribution in [-0.2, 0) is 5.88 Å². The molecule has 0 fully saturated rings. The molecule has 0 aliphatic carbocycles. The van der Waals surface area contributed by atoms with Crippen molar-refractivity contribution in [2.24, 2.45) is 0 Å². The van der Waals surface area contributed by atoms with E-state index in [1.54, 1.807) is 0 Å². The van der Waals surface area contributed by atoms with Gasteiger partial charge >= 0.3 is 0 Å². The third-order valence-electron chi connectivity index (χ3n) is 2.17. The Morgan fingerprint density at radius 2 is 1.75 bits per heavy atom. The fourth-order valence-corrected chi connectivity index (χ4v) is 1.98. The van der Waals surface area contributed by atoms with E-state index < -0.39 is 0 Å². The van der Waals surface area contributed by atoms with Gasteiger partial charge in [-0.2, -0.15) is 0 Å². The number of hydrogen-bond donors (Lipinski definition) is 0. The largest absolute Gasteiger partial charge is 0.122 e. The Bertz CT molecular complexity index is 303. The predicted octanol–water partition coefficient (Wildman–Crippen LogP) is 4.00. The quantitative estimate of drug-likeness (QED) is 0.605. The van der Waals surface area contributed by atoms with Gasteiger partial charge in [0.05, 0.1) is 0 Å². The predicted molar refractivity (Wildman–Crippen MR) is 55.2 cm³/mol. The van der Waals surface area contributed by atoms with Crippen molar-refractivity contribution in [3.63, 3.8) is 0 Å². The Morgan fingerprint density at radius 1 is 1.17 bits per heavy atom. The minimum Gasteiger partial charge on any atom is -0.122 e. The summed E-state index contributed by atoms with van der Waals surface area (Å²) in [5.41, 5.74) is 4.63. The monoisotopic (exact) mass is 202 g/mol. The second-order valence-corrected chi connectivity index (χ2v) is 3.71. The lowest BCUT2D eigenvalue weighted by molar-refractivity contribution is 1.21. The Hall–Kier alpha value is -0.200.